The molecule has 0 amide bonds. The molecule has 0 bridgehead atoms. The molecule has 2 nitrogen and oxygen atoms in total. The van der Waals surface area contributed by atoms with E-state index in [4.69, 9.17) is 0 Å². The van der Waals surface area contributed by atoms with E-state index in [1.807, 2.05) is 23.6 Å². The molecular formula is C16H24O2S. The average molecular weight is 280 g/mol. The SMILES string of the molecule is C=CCCCCCCCCC(C(=O)O)c1cccs1. The number of allylic oxidation sites excluding steroid dienone is 1. The zero-order chi connectivity index (χ0) is 13.9. The van der Waals surface area contributed by atoms with Crippen LogP contribution in [-0.2, 0) is 4.79 Å². The van der Waals surface area contributed by atoms with E-state index < -0.39 is 5.97 Å². The van der Waals surface area contributed by atoms with E-state index in [2.05, 4.69) is 6.58 Å². The van der Waals surface area contributed by atoms with E-state index >= 15 is 0 Å². The summed E-state index contributed by atoms with van der Waals surface area (Å²) in [5.41, 5.74) is 0. The molecule has 1 aromatic heterocycles. The summed E-state index contributed by atoms with van der Waals surface area (Å²) in [4.78, 5) is 12.2. The van der Waals surface area contributed by atoms with Gasteiger partial charge in [-0.25, -0.2) is 0 Å². The second-order valence-electron chi connectivity index (χ2n) is 4.89. The van der Waals surface area contributed by atoms with Crippen molar-refractivity contribution >= 4 is 17.3 Å². The van der Waals surface area contributed by atoms with Crippen molar-refractivity contribution in [3.8, 4) is 0 Å². The lowest BCUT2D eigenvalue weighted by Gasteiger charge is -2.10. The summed E-state index contributed by atoms with van der Waals surface area (Å²) in [6.07, 6.45) is 11.0. The summed E-state index contributed by atoms with van der Waals surface area (Å²) in [5, 5.41) is 11.2. The molecule has 3 heteroatoms. The number of aliphatic carboxylic acids is 1. The minimum atomic E-state index is -0.687. The van der Waals surface area contributed by atoms with E-state index in [1.165, 1.54) is 25.7 Å². The van der Waals surface area contributed by atoms with Gasteiger partial charge in [-0.2, -0.15) is 0 Å². The number of hydrogen-bond acceptors (Lipinski definition) is 2. The van der Waals surface area contributed by atoms with Crippen LogP contribution in [0, 0.1) is 0 Å². The van der Waals surface area contributed by atoms with E-state index in [0.29, 0.717) is 0 Å². The zero-order valence-electron chi connectivity index (χ0n) is 11.5. The molecule has 106 valence electrons. The van der Waals surface area contributed by atoms with E-state index in [9.17, 15) is 9.90 Å². The Balaban J connectivity index is 2.13. The Bertz CT molecular complexity index is 357. The predicted octanol–water partition coefficient (Wildman–Crippen LogP) is 5.22. The van der Waals surface area contributed by atoms with Crippen LogP contribution in [0.1, 0.15) is 62.2 Å². The first-order chi connectivity index (χ1) is 9.25. The smallest absolute Gasteiger partial charge is 0.311 e. The molecule has 1 N–H and O–H groups in total. The van der Waals surface area contributed by atoms with Gasteiger partial charge < -0.3 is 5.11 Å². The Morgan fingerprint density at radius 3 is 2.53 bits per heavy atom. The Morgan fingerprint density at radius 1 is 1.26 bits per heavy atom. The Morgan fingerprint density at radius 2 is 1.95 bits per heavy atom. The summed E-state index contributed by atoms with van der Waals surface area (Å²) in [6.45, 7) is 3.71. The fraction of sp³-hybridized carbons (Fsp3) is 0.562. The maximum Gasteiger partial charge on any atom is 0.311 e. The van der Waals surface area contributed by atoms with Gasteiger partial charge in [0, 0.05) is 4.88 Å². The second-order valence-corrected chi connectivity index (χ2v) is 5.87. The lowest BCUT2D eigenvalue weighted by molar-refractivity contribution is -0.138. The van der Waals surface area contributed by atoms with Gasteiger partial charge in [0.25, 0.3) is 0 Å². The van der Waals surface area contributed by atoms with E-state index in [1.54, 1.807) is 11.3 Å². The van der Waals surface area contributed by atoms with Crippen LogP contribution < -0.4 is 0 Å². The molecule has 0 saturated carbocycles. The highest BCUT2D eigenvalue weighted by Crippen LogP contribution is 2.27. The summed E-state index contributed by atoms with van der Waals surface area (Å²) in [7, 11) is 0. The van der Waals surface area contributed by atoms with Crippen molar-refractivity contribution in [2.24, 2.45) is 0 Å². The van der Waals surface area contributed by atoms with Crippen molar-refractivity contribution in [1.82, 2.24) is 0 Å². The molecule has 1 rings (SSSR count). The first-order valence-electron chi connectivity index (χ1n) is 7.12. The fourth-order valence-electron chi connectivity index (χ4n) is 2.22. The van der Waals surface area contributed by atoms with Gasteiger partial charge in [-0.3, -0.25) is 4.79 Å². The van der Waals surface area contributed by atoms with Crippen LogP contribution in [0.5, 0.6) is 0 Å². The number of carboxylic acids is 1. The summed E-state index contributed by atoms with van der Waals surface area (Å²) < 4.78 is 0. The molecular weight excluding hydrogens is 256 g/mol. The molecule has 19 heavy (non-hydrogen) atoms. The third-order valence-electron chi connectivity index (χ3n) is 3.34. The maximum absolute atomic E-state index is 11.2. The van der Waals surface area contributed by atoms with Gasteiger partial charge in [-0.1, -0.05) is 44.2 Å². The molecule has 0 spiro atoms. The molecule has 0 aliphatic carbocycles. The largest absolute Gasteiger partial charge is 0.481 e. The third-order valence-corrected chi connectivity index (χ3v) is 4.32. The maximum atomic E-state index is 11.2. The lowest BCUT2D eigenvalue weighted by atomic mass is 9.99. The van der Waals surface area contributed by atoms with Gasteiger partial charge in [0.15, 0.2) is 0 Å². The van der Waals surface area contributed by atoms with Crippen LogP contribution in [0.15, 0.2) is 30.2 Å². The van der Waals surface area contributed by atoms with E-state index in [0.717, 1.165) is 30.6 Å². The van der Waals surface area contributed by atoms with Crippen LogP contribution >= 0.6 is 11.3 Å². The topological polar surface area (TPSA) is 37.3 Å². The molecule has 0 aliphatic rings. The quantitative estimate of drug-likeness (QED) is 0.445. The number of thiophene rings is 1. The van der Waals surface area contributed by atoms with Crippen LogP contribution in [0.3, 0.4) is 0 Å². The zero-order valence-corrected chi connectivity index (χ0v) is 12.3. The Kier molecular flexibility index (Phi) is 8.23. The number of carboxylic acid groups (broad SMARTS) is 1. The van der Waals surface area contributed by atoms with Crippen molar-refractivity contribution in [2.45, 2.75) is 57.3 Å². The number of unbranched alkanes of at least 4 members (excludes halogenated alkanes) is 6. The molecule has 1 atom stereocenters. The highest BCUT2D eigenvalue weighted by Gasteiger charge is 2.19. The molecule has 0 aliphatic heterocycles. The van der Waals surface area contributed by atoms with Crippen molar-refractivity contribution in [2.75, 3.05) is 0 Å². The average Bonchev–Trinajstić information content (AvgIpc) is 2.90. The first-order valence-corrected chi connectivity index (χ1v) is 8.00. The lowest BCUT2D eigenvalue weighted by Crippen LogP contribution is -2.10. The van der Waals surface area contributed by atoms with Crippen LogP contribution in [0.4, 0.5) is 0 Å². The summed E-state index contributed by atoms with van der Waals surface area (Å²) in [6, 6.07) is 3.86. The molecule has 1 heterocycles. The first kappa shape index (κ1) is 16.0. The molecule has 0 aromatic carbocycles. The highest BCUT2D eigenvalue weighted by atomic mass is 32.1. The third kappa shape index (κ3) is 6.58. The van der Waals surface area contributed by atoms with E-state index in [-0.39, 0.29) is 5.92 Å². The van der Waals surface area contributed by atoms with Gasteiger partial charge in [-0.15, -0.1) is 17.9 Å². The van der Waals surface area contributed by atoms with Crippen molar-refractivity contribution in [3.63, 3.8) is 0 Å². The van der Waals surface area contributed by atoms with Crippen LogP contribution in [0.2, 0.25) is 0 Å². The fourth-order valence-corrected chi connectivity index (χ4v) is 3.08. The molecule has 1 aromatic rings. The Labute approximate surface area is 120 Å². The van der Waals surface area contributed by atoms with Gasteiger partial charge in [0.05, 0.1) is 5.92 Å². The minimum absolute atomic E-state index is 0.305. The number of hydrogen-bond donors (Lipinski definition) is 1. The molecule has 0 fully saturated rings. The van der Waals surface area contributed by atoms with Crippen molar-refractivity contribution < 1.29 is 9.90 Å². The van der Waals surface area contributed by atoms with Crippen molar-refractivity contribution in [3.05, 3.63) is 35.0 Å². The summed E-state index contributed by atoms with van der Waals surface area (Å²) >= 11 is 1.55. The Hall–Kier alpha value is -1.09. The minimum Gasteiger partial charge on any atom is -0.481 e. The number of carbonyl (C=O) groups is 1. The van der Waals surface area contributed by atoms with Crippen LogP contribution in [0.25, 0.3) is 0 Å². The molecule has 1 unspecified atom stereocenters. The predicted molar refractivity (Wildman–Crippen MR) is 81.8 cm³/mol. The summed E-state index contributed by atoms with van der Waals surface area (Å²) in [5.74, 6) is -0.991. The van der Waals surface area contributed by atoms with Gasteiger partial charge >= 0.3 is 5.97 Å². The van der Waals surface area contributed by atoms with Gasteiger partial charge in [0.1, 0.15) is 0 Å². The number of rotatable bonds is 11. The standard InChI is InChI=1S/C16H24O2S/c1-2-3-4-5-6-7-8-9-11-14(16(17)18)15-12-10-13-19-15/h2,10,12-14H,1,3-9,11H2,(H,17,18). The monoisotopic (exact) mass is 280 g/mol. The van der Waals surface area contributed by atoms with Gasteiger partial charge in [-0.05, 0) is 30.7 Å². The highest BCUT2D eigenvalue weighted by molar-refractivity contribution is 7.10. The second kappa shape index (κ2) is 9.79. The molecule has 0 radical (unpaired) electrons. The molecule has 0 saturated heterocycles. The normalized spacial score (nSPS) is 12.2. The van der Waals surface area contributed by atoms with Crippen molar-refractivity contribution in [1.29, 1.82) is 0 Å². The van der Waals surface area contributed by atoms with Crippen LogP contribution in [-0.4, -0.2) is 11.1 Å². The van der Waals surface area contributed by atoms with Gasteiger partial charge in [0.2, 0.25) is 0 Å².